The monoisotopic (exact) mass is 275 g/mol. The number of aromatic nitrogens is 1. The Bertz CT molecular complexity index is 513. The summed E-state index contributed by atoms with van der Waals surface area (Å²) in [5, 5.41) is 0.145. The van der Waals surface area contributed by atoms with Crippen LogP contribution in [0.3, 0.4) is 0 Å². The van der Waals surface area contributed by atoms with E-state index < -0.39 is 17.5 Å². The zero-order valence-electron chi connectivity index (χ0n) is 8.25. The molecule has 0 aliphatic carbocycles. The summed E-state index contributed by atoms with van der Waals surface area (Å²) < 4.78 is 39.4. The Balaban J connectivity index is 2.31. The normalized spacial score (nSPS) is 10.6. The van der Waals surface area contributed by atoms with E-state index in [0.29, 0.717) is 0 Å². The van der Waals surface area contributed by atoms with E-state index >= 15 is 0 Å². The number of hydrogen-bond donors (Lipinski definition) is 0. The zero-order chi connectivity index (χ0) is 12.4. The summed E-state index contributed by atoms with van der Waals surface area (Å²) in [5.41, 5.74) is 0. The van der Waals surface area contributed by atoms with Gasteiger partial charge in [-0.25, -0.2) is 18.2 Å². The van der Waals surface area contributed by atoms with Gasteiger partial charge in [0.15, 0.2) is 5.82 Å². The molecule has 17 heavy (non-hydrogen) atoms. The Hall–Kier alpha value is -1.20. The SMILES string of the molecule is Fc1ccc(Sc2ncc(Cl)cc2F)c(F)c1. The predicted octanol–water partition coefficient (Wildman–Crippen LogP) is 4.30. The maximum Gasteiger partial charge on any atom is 0.157 e. The van der Waals surface area contributed by atoms with Crippen molar-refractivity contribution in [1.29, 1.82) is 0 Å². The lowest BCUT2D eigenvalue weighted by molar-refractivity contribution is 0.564. The van der Waals surface area contributed by atoms with Crippen LogP contribution in [0.2, 0.25) is 5.02 Å². The molecule has 0 fully saturated rings. The van der Waals surface area contributed by atoms with Gasteiger partial charge in [-0.15, -0.1) is 0 Å². The lowest BCUT2D eigenvalue weighted by Crippen LogP contribution is -1.89. The highest BCUT2D eigenvalue weighted by Gasteiger charge is 2.10. The molecule has 1 nitrogen and oxygen atoms in total. The number of benzene rings is 1. The van der Waals surface area contributed by atoms with E-state index in [0.717, 1.165) is 30.0 Å². The van der Waals surface area contributed by atoms with Gasteiger partial charge in [0.25, 0.3) is 0 Å². The second-order valence-corrected chi connectivity index (χ2v) is 4.58. The standard InChI is InChI=1S/C11H5ClF3NS/c12-6-3-9(15)11(16-5-6)17-10-2-1-7(13)4-8(10)14/h1-5H. The summed E-state index contributed by atoms with van der Waals surface area (Å²) in [6.45, 7) is 0. The van der Waals surface area contributed by atoms with E-state index in [-0.39, 0.29) is 14.9 Å². The fraction of sp³-hybridized carbons (Fsp3) is 0. The smallest absolute Gasteiger partial charge is 0.157 e. The molecule has 0 unspecified atom stereocenters. The van der Waals surface area contributed by atoms with Gasteiger partial charge in [0, 0.05) is 17.2 Å². The van der Waals surface area contributed by atoms with Crippen LogP contribution in [0.15, 0.2) is 40.4 Å². The lowest BCUT2D eigenvalue weighted by atomic mass is 10.3. The van der Waals surface area contributed by atoms with Crippen LogP contribution in [0, 0.1) is 17.5 Å². The molecule has 0 saturated heterocycles. The average molecular weight is 276 g/mol. The molecule has 0 bridgehead atoms. The highest BCUT2D eigenvalue weighted by atomic mass is 35.5. The largest absolute Gasteiger partial charge is 0.245 e. The summed E-state index contributed by atoms with van der Waals surface area (Å²) in [6, 6.07) is 4.14. The Labute approximate surface area is 105 Å². The van der Waals surface area contributed by atoms with Gasteiger partial charge < -0.3 is 0 Å². The molecule has 0 N–H and O–H groups in total. The molecular weight excluding hydrogens is 271 g/mol. The van der Waals surface area contributed by atoms with Gasteiger partial charge in [0.2, 0.25) is 0 Å². The van der Waals surface area contributed by atoms with Crippen molar-refractivity contribution < 1.29 is 13.2 Å². The fourth-order valence-corrected chi connectivity index (χ4v) is 2.05. The molecule has 88 valence electrons. The van der Waals surface area contributed by atoms with E-state index in [9.17, 15) is 13.2 Å². The van der Waals surface area contributed by atoms with E-state index in [1.165, 1.54) is 12.3 Å². The second kappa shape index (κ2) is 4.98. The molecule has 0 aliphatic heterocycles. The van der Waals surface area contributed by atoms with Gasteiger partial charge >= 0.3 is 0 Å². The number of rotatable bonds is 2. The first-order valence-corrected chi connectivity index (χ1v) is 5.69. The minimum Gasteiger partial charge on any atom is -0.245 e. The van der Waals surface area contributed by atoms with Crippen LogP contribution in [0.4, 0.5) is 13.2 Å². The van der Waals surface area contributed by atoms with Crippen molar-refractivity contribution in [3.05, 3.63) is 52.9 Å². The van der Waals surface area contributed by atoms with Crippen LogP contribution in [-0.4, -0.2) is 4.98 Å². The third-order valence-corrected chi connectivity index (χ3v) is 3.13. The summed E-state index contributed by atoms with van der Waals surface area (Å²) in [6.07, 6.45) is 1.26. The molecule has 6 heteroatoms. The molecule has 2 rings (SSSR count). The van der Waals surface area contributed by atoms with Crippen molar-refractivity contribution in [3.8, 4) is 0 Å². The first kappa shape index (κ1) is 12.3. The predicted molar refractivity (Wildman–Crippen MR) is 59.7 cm³/mol. The van der Waals surface area contributed by atoms with Crippen molar-refractivity contribution in [2.75, 3.05) is 0 Å². The van der Waals surface area contributed by atoms with E-state index in [2.05, 4.69) is 4.98 Å². The maximum absolute atomic E-state index is 13.4. The molecular formula is C11H5ClF3NS. The Morgan fingerprint density at radius 3 is 2.47 bits per heavy atom. The minimum atomic E-state index is -0.758. The topological polar surface area (TPSA) is 12.9 Å². The molecule has 1 heterocycles. The molecule has 1 aromatic carbocycles. The molecule has 0 radical (unpaired) electrons. The van der Waals surface area contributed by atoms with Crippen molar-refractivity contribution in [2.24, 2.45) is 0 Å². The third kappa shape index (κ3) is 2.92. The first-order chi connectivity index (χ1) is 8.06. The van der Waals surface area contributed by atoms with Crippen molar-refractivity contribution >= 4 is 23.4 Å². The summed E-state index contributed by atoms with van der Waals surface area (Å²) >= 11 is 6.31. The van der Waals surface area contributed by atoms with Crippen LogP contribution >= 0.6 is 23.4 Å². The summed E-state index contributed by atoms with van der Waals surface area (Å²) in [4.78, 5) is 3.83. The van der Waals surface area contributed by atoms with E-state index in [4.69, 9.17) is 11.6 Å². The van der Waals surface area contributed by atoms with Gasteiger partial charge in [-0.1, -0.05) is 23.4 Å². The molecule has 0 saturated carbocycles. The Morgan fingerprint density at radius 2 is 1.82 bits per heavy atom. The van der Waals surface area contributed by atoms with Gasteiger partial charge in [0.1, 0.15) is 16.7 Å². The number of hydrogen-bond acceptors (Lipinski definition) is 2. The maximum atomic E-state index is 13.4. The second-order valence-electron chi connectivity index (χ2n) is 3.12. The highest BCUT2D eigenvalue weighted by Crippen LogP contribution is 2.31. The van der Waals surface area contributed by atoms with Gasteiger partial charge in [0.05, 0.1) is 5.02 Å². The highest BCUT2D eigenvalue weighted by molar-refractivity contribution is 7.99. The molecule has 0 spiro atoms. The van der Waals surface area contributed by atoms with Crippen LogP contribution in [-0.2, 0) is 0 Å². The van der Waals surface area contributed by atoms with E-state index in [1.807, 2.05) is 0 Å². The molecule has 0 aliphatic rings. The van der Waals surface area contributed by atoms with Crippen molar-refractivity contribution in [1.82, 2.24) is 4.98 Å². The Kier molecular flexibility index (Phi) is 3.59. The number of halogens is 4. The Morgan fingerprint density at radius 1 is 1.06 bits per heavy atom. The van der Waals surface area contributed by atoms with Gasteiger partial charge in [-0.2, -0.15) is 0 Å². The minimum absolute atomic E-state index is 0.0140. The van der Waals surface area contributed by atoms with Gasteiger partial charge in [-0.05, 0) is 18.2 Å². The third-order valence-electron chi connectivity index (χ3n) is 1.87. The van der Waals surface area contributed by atoms with Crippen LogP contribution in [0.25, 0.3) is 0 Å². The van der Waals surface area contributed by atoms with Crippen LogP contribution < -0.4 is 0 Å². The molecule has 0 atom stereocenters. The number of nitrogens with zero attached hydrogens (tertiary/aromatic N) is 1. The summed E-state index contributed by atoms with van der Waals surface area (Å²) in [5.74, 6) is -2.09. The van der Waals surface area contributed by atoms with Crippen molar-refractivity contribution in [2.45, 2.75) is 9.92 Å². The van der Waals surface area contributed by atoms with Crippen LogP contribution in [0.5, 0.6) is 0 Å². The average Bonchev–Trinajstić information content (AvgIpc) is 2.25. The molecule has 2 aromatic rings. The zero-order valence-corrected chi connectivity index (χ0v) is 9.83. The van der Waals surface area contributed by atoms with Crippen LogP contribution in [0.1, 0.15) is 0 Å². The van der Waals surface area contributed by atoms with Gasteiger partial charge in [-0.3, -0.25) is 0 Å². The number of pyridine rings is 1. The fourth-order valence-electron chi connectivity index (χ4n) is 1.14. The van der Waals surface area contributed by atoms with Crippen molar-refractivity contribution in [3.63, 3.8) is 0 Å². The molecule has 1 aromatic heterocycles. The summed E-state index contributed by atoms with van der Waals surface area (Å²) in [7, 11) is 0. The quantitative estimate of drug-likeness (QED) is 0.810. The lowest BCUT2D eigenvalue weighted by Gasteiger charge is -2.03. The van der Waals surface area contributed by atoms with E-state index in [1.54, 1.807) is 0 Å². The first-order valence-electron chi connectivity index (χ1n) is 4.50. The molecule has 0 amide bonds.